The van der Waals surface area contributed by atoms with E-state index < -0.39 is 0 Å². The summed E-state index contributed by atoms with van der Waals surface area (Å²) in [6.07, 6.45) is 3.98. The molecule has 0 radical (unpaired) electrons. The van der Waals surface area contributed by atoms with E-state index in [-0.39, 0.29) is 0 Å². The summed E-state index contributed by atoms with van der Waals surface area (Å²) in [5.74, 6) is 0. The first-order chi connectivity index (χ1) is 8.56. The maximum absolute atomic E-state index is 3.63. The highest BCUT2D eigenvalue weighted by atomic mass is 15.5. The zero-order valence-electron chi connectivity index (χ0n) is 12.2. The van der Waals surface area contributed by atoms with Gasteiger partial charge < -0.3 is 0 Å². The minimum atomic E-state index is 0.652. The second-order valence-electron chi connectivity index (χ2n) is 5.87. The predicted octanol–water partition coefficient (Wildman–Crippen LogP) is 3.57. The SMILES string of the molecule is Cc1cc(C)cc(CNN2C(C)CCCC2C)c1. The summed E-state index contributed by atoms with van der Waals surface area (Å²) in [6, 6.07) is 8.09. The Morgan fingerprint density at radius 2 is 1.61 bits per heavy atom. The Hall–Kier alpha value is -0.860. The van der Waals surface area contributed by atoms with Crippen LogP contribution in [0.4, 0.5) is 0 Å². The van der Waals surface area contributed by atoms with E-state index in [2.05, 4.69) is 56.3 Å². The van der Waals surface area contributed by atoms with Crippen LogP contribution in [-0.2, 0) is 6.54 Å². The van der Waals surface area contributed by atoms with Crippen molar-refractivity contribution in [3.05, 3.63) is 34.9 Å². The summed E-state index contributed by atoms with van der Waals surface area (Å²) >= 11 is 0. The maximum atomic E-state index is 3.63. The van der Waals surface area contributed by atoms with Gasteiger partial charge in [-0.2, -0.15) is 0 Å². The van der Waals surface area contributed by atoms with Gasteiger partial charge in [-0.1, -0.05) is 35.7 Å². The highest BCUT2D eigenvalue weighted by Gasteiger charge is 2.23. The van der Waals surface area contributed by atoms with E-state index in [0.717, 1.165) is 6.54 Å². The molecule has 100 valence electrons. The van der Waals surface area contributed by atoms with Crippen LogP contribution in [0.25, 0.3) is 0 Å². The number of hydrogen-bond donors (Lipinski definition) is 1. The van der Waals surface area contributed by atoms with Crippen molar-refractivity contribution in [2.75, 3.05) is 0 Å². The smallest absolute Gasteiger partial charge is 0.0353 e. The maximum Gasteiger partial charge on any atom is 0.0353 e. The lowest BCUT2D eigenvalue weighted by molar-refractivity contribution is 0.0435. The van der Waals surface area contributed by atoms with Gasteiger partial charge in [-0.25, -0.2) is 5.01 Å². The topological polar surface area (TPSA) is 15.3 Å². The molecule has 2 nitrogen and oxygen atoms in total. The zero-order valence-corrected chi connectivity index (χ0v) is 12.2. The molecule has 1 aliphatic heterocycles. The van der Waals surface area contributed by atoms with Crippen molar-refractivity contribution in [1.29, 1.82) is 0 Å². The van der Waals surface area contributed by atoms with Crippen molar-refractivity contribution in [2.45, 2.75) is 65.6 Å². The van der Waals surface area contributed by atoms with Gasteiger partial charge in [0.15, 0.2) is 0 Å². The molecule has 1 aromatic rings. The van der Waals surface area contributed by atoms with Gasteiger partial charge in [0.2, 0.25) is 0 Å². The number of hydrazine groups is 1. The van der Waals surface area contributed by atoms with Crippen LogP contribution in [-0.4, -0.2) is 17.1 Å². The fraction of sp³-hybridized carbons (Fsp3) is 0.625. The van der Waals surface area contributed by atoms with Crippen LogP contribution >= 0.6 is 0 Å². The van der Waals surface area contributed by atoms with E-state index in [1.54, 1.807) is 0 Å². The number of rotatable bonds is 3. The first kappa shape index (κ1) is 13.6. The van der Waals surface area contributed by atoms with Gasteiger partial charge in [0.05, 0.1) is 0 Å². The van der Waals surface area contributed by atoms with E-state index in [4.69, 9.17) is 0 Å². The molecule has 1 N–H and O–H groups in total. The Kier molecular flexibility index (Phi) is 4.41. The molecule has 1 heterocycles. The van der Waals surface area contributed by atoms with E-state index in [1.165, 1.54) is 36.0 Å². The van der Waals surface area contributed by atoms with Crippen LogP contribution in [0.5, 0.6) is 0 Å². The van der Waals surface area contributed by atoms with Crippen molar-refractivity contribution in [1.82, 2.24) is 10.4 Å². The Morgan fingerprint density at radius 1 is 1.06 bits per heavy atom. The van der Waals surface area contributed by atoms with Gasteiger partial charge in [0.25, 0.3) is 0 Å². The van der Waals surface area contributed by atoms with Gasteiger partial charge in [0, 0.05) is 18.6 Å². The van der Waals surface area contributed by atoms with Gasteiger partial charge in [-0.15, -0.1) is 0 Å². The lowest BCUT2D eigenvalue weighted by Gasteiger charge is -2.39. The van der Waals surface area contributed by atoms with Crippen LogP contribution in [0.2, 0.25) is 0 Å². The molecule has 18 heavy (non-hydrogen) atoms. The van der Waals surface area contributed by atoms with Crippen LogP contribution in [0, 0.1) is 13.8 Å². The van der Waals surface area contributed by atoms with E-state index in [0.29, 0.717) is 12.1 Å². The summed E-state index contributed by atoms with van der Waals surface area (Å²) in [7, 11) is 0. The molecule has 0 bridgehead atoms. The molecule has 0 aromatic heterocycles. The predicted molar refractivity (Wildman–Crippen MR) is 77.4 cm³/mol. The van der Waals surface area contributed by atoms with E-state index in [9.17, 15) is 0 Å². The van der Waals surface area contributed by atoms with E-state index in [1.807, 2.05) is 0 Å². The first-order valence-electron chi connectivity index (χ1n) is 7.15. The van der Waals surface area contributed by atoms with Crippen LogP contribution in [0.3, 0.4) is 0 Å². The standard InChI is InChI=1S/C16H26N2/c1-12-8-13(2)10-16(9-12)11-17-18-14(3)6-5-7-15(18)4/h8-10,14-15,17H,5-7,11H2,1-4H3. The average Bonchev–Trinajstić information content (AvgIpc) is 2.27. The third-order valence-corrected chi connectivity index (χ3v) is 3.94. The third-order valence-electron chi connectivity index (χ3n) is 3.94. The average molecular weight is 246 g/mol. The fourth-order valence-electron chi connectivity index (χ4n) is 3.09. The number of aryl methyl sites for hydroxylation is 2. The quantitative estimate of drug-likeness (QED) is 0.877. The lowest BCUT2D eigenvalue weighted by Crippen LogP contribution is -2.51. The molecule has 1 aromatic carbocycles. The number of benzene rings is 1. The molecular formula is C16H26N2. The second kappa shape index (κ2) is 5.85. The Balaban J connectivity index is 1.97. The molecular weight excluding hydrogens is 220 g/mol. The minimum Gasteiger partial charge on any atom is -0.250 e. The van der Waals surface area contributed by atoms with Crippen molar-refractivity contribution in [3.8, 4) is 0 Å². The van der Waals surface area contributed by atoms with Crippen molar-refractivity contribution in [2.24, 2.45) is 0 Å². The largest absolute Gasteiger partial charge is 0.250 e. The van der Waals surface area contributed by atoms with Gasteiger partial charge in [-0.3, -0.25) is 5.43 Å². The molecule has 2 rings (SSSR count). The Morgan fingerprint density at radius 3 is 2.17 bits per heavy atom. The van der Waals surface area contributed by atoms with Crippen LogP contribution in [0.15, 0.2) is 18.2 Å². The number of hydrogen-bond acceptors (Lipinski definition) is 2. The molecule has 1 aliphatic rings. The highest BCUT2D eigenvalue weighted by molar-refractivity contribution is 5.28. The van der Waals surface area contributed by atoms with Gasteiger partial charge in [0.1, 0.15) is 0 Å². The molecule has 2 atom stereocenters. The molecule has 0 spiro atoms. The zero-order chi connectivity index (χ0) is 13.1. The van der Waals surface area contributed by atoms with E-state index >= 15 is 0 Å². The third kappa shape index (κ3) is 3.33. The summed E-state index contributed by atoms with van der Waals surface area (Å²) in [4.78, 5) is 0. The van der Waals surface area contributed by atoms with Gasteiger partial charge >= 0.3 is 0 Å². The molecule has 2 unspecified atom stereocenters. The van der Waals surface area contributed by atoms with Crippen LogP contribution < -0.4 is 5.43 Å². The number of nitrogens with one attached hydrogen (secondary N) is 1. The summed E-state index contributed by atoms with van der Waals surface area (Å²) < 4.78 is 0. The summed E-state index contributed by atoms with van der Waals surface area (Å²) in [6.45, 7) is 9.93. The lowest BCUT2D eigenvalue weighted by atomic mass is 10.00. The first-order valence-corrected chi connectivity index (χ1v) is 7.15. The van der Waals surface area contributed by atoms with Crippen molar-refractivity contribution < 1.29 is 0 Å². The summed E-state index contributed by atoms with van der Waals surface area (Å²) in [5, 5.41) is 2.45. The number of nitrogens with zero attached hydrogens (tertiary/aromatic N) is 1. The molecule has 1 fully saturated rings. The monoisotopic (exact) mass is 246 g/mol. The minimum absolute atomic E-state index is 0.652. The molecule has 0 saturated carbocycles. The van der Waals surface area contributed by atoms with Gasteiger partial charge in [-0.05, 0) is 46.1 Å². The molecule has 2 heteroatoms. The fourth-order valence-corrected chi connectivity index (χ4v) is 3.09. The normalized spacial score (nSPS) is 25.3. The van der Waals surface area contributed by atoms with Crippen molar-refractivity contribution >= 4 is 0 Å². The van der Waals surface area contributed by atoms with Crippen molar-refractivity contribution in [3.63, 3.8) is 0 Å². The Bertz CT molecular complexity index is 370. The number of piperidine rings is 1. The Labute approximate surface area is 111 Å². The summed E-state index contributed by atoms with van der Waals surface area (Å²) in [5.41, 5.74) is 7.72. The second-order valence-corrected chi connectivity index (χ2v) is 5.87. The highest BCUT2D eigenvalue weighted by Crippen LogP contribution is 2.20. The molecule has 1 saturated heterocycles. The molecule has 0 aliphatic carbocycles. The van der Waals surface area contributed by atoms with Crippen LogP contribution in [0.1, 0.15) is 49.8 Å². The molecule has 0 amide bonds.